The number of carbonyl (C=O) groups excluding carboxylic acids is 1. The van der Waals surface area contributed by atoms with Crippen LogP contribution in [-0.4, -0.2) is 155 Å². The van der Waals surface area contributed by atoms with E-state index in [-0.39, 0.29) is 126 Å². The second-order valence-electron chi connectivity index (χ2n) is 33.1. The second kappa shape index (κ2) is 38.6. The Morgan fingerprint density at radius 3 is 1.08 bits per heavy atom. The molecule has 4 aliphatic heterocycles. The van der Waals surface area contributed by atoms with Gasteiger partial charge in [0, 0.05) is 118 Å². The topological polar surface area (TPSA) is 352 Å². The maximum atomic E-state index is 14.6. The summed E-state index contributed by atoms with van der Waals surface area (Å²) >= 11 is 47.0. The number of amides is 1. The van der Waals surface area contributed by atoms with Crippen LogP contribution in [0.4, 0.5) is 86.3 Å². The van der Waals surface area contributed by atoms with Gasteiger partial charge in [0.2, 0.25) is 5.91 Å². The molecule has 0 radical (unpaired) electrons. The van der Waals surface area contributed by atoms with E-state index in [0.29, 0.717) is 101 Å². The minimum absolute atomic E-state index is 0. The van der Waals surface area contributed by atoms with E-state index < -0.39 is 39.1 Å². The minimum Gasteiger partial charge on any atom is -0.478 e. The van der Waals surface area contributed by atoms with Crippen molar-refractivity contribution in [3.05, 3.63) is 254 Å². The fourth-order valence-corrected chi connectivity index (χ4v) is 18.1. The molecular formula is C94H76Cl8F4N20O7. The summed E-state index contributed by atoms with van der Waals surface area (Å²) < 4.78 is 58.0. The molecule has 8 heterocycles. The van der Waals surface area contributed by atoms with E-state index in [4.69, 9.17) is 104 Å². The van der Waals surface area contributed by atoms with Gasteiger partial charge in [-0.2, -0.15) is 0 Å². The highest BCUT2D eigenvalue weighted by molar-refractivity contribution is 6.44. The third kappa shape index (κ3) is 20.2. The van der Waals surface area contributed by atoms with E-state index in [1.807, 2.05) is 6.07 Å². The molecule has 1 amide bonds. The number of carboxylic acid groups (broad SMARTS) is 1. The van der Waals surface area contributed by atoms with Crippen molar-refractivity contribution in [2.45, 2.75) is 33.1 Å². The van der Waals surface area contributed by atoms with Gasteiger partial charge in [-0.1, -0.05) is 161 Å². The smallest absolute Gasteiger partial charge is 0.327 e. The number of nitrogens with two attached hydrogens (primary N) is 1. The molecule has 9 N–H and O–H groups in total. The number of hydrogen-bond donors (Lipinski definition) is 8. The fraction of sp³-hybridized carbons (Fsp3) is 0.255. The minimum atomic E-state index is -0.981. The lowest BCUT2D eigenvalue weighted by atomic mass is 10.0. The maximum absolute atomic E-state index is 14.6. The van der Waals surface area contributed by atoms with Crippen molar-refractivity contribution in [2.75, 3.05) is 106 Å². The highest BCUT2D eigenvalue weighted by Crippen LogP contribution is 2.60. The lowest BCUT2D eigenvalue weighted by molar-refractivity contribution is -0.385. The van der Waals surface area contributed by atoms with Crippen LogP contribution in [0, 0.1) is 136 Å². The number of benzene rings is 8. The van der Waals surface area contributed by atoms with Crippen LogP contribution in [0.3, 0.4) is 0 Å². The van der Waals surface area contributed by atoms with Crippen molar-refractivity contribution in [2.24, 2.45) is 45.3 Å². The maximum Gasteiger partial charge on any atom is 0.327 e. The first-order valence-electron chi connectivity index (χ1n) is 40.6. The van der Waals surface area contributed by atoms with Gasteiger partial charge in [-0.3, -0.25) is 25.0 Å². The number of carboxylic acids is 1. The van der Waals surface area contributed by atoms with Crippen LogP contribution in [0.1, 0.15) is 55.4 Å². The van der Waals surface area contributed by atoms with Gasteiger partial charge < -0.3 is 57.4 Å². The third-order valence-electron chi connectivity index (χ3n) is 24.0. The molecule has 133 heavy (non-hydrogen) atoms. The number of nitrogen functional groups attached to an aromatic ring is 1. The Morgan fingerprint density at radius 1 is 0.466 bits per heavy atom. The number of hydrogen-bond acceptors (Lipinski definition) is 23. The van der Waals surface area contributed by atoms with Crippen LogP contribution in [0.2, 0.25) is 40.2 Å². The average Bonchev–Trinajstić information content (AvgIpc) is 1.60. The molecule has 8 aliphatic rings. The third-order valence-corrected chi connectivity index (χ3v) is 27.2. The molecule has 12 aromatic rings. The molecule has 4 saturated carbocycles. The highest BCUT2D eigenvalue weighted by atomic mass is 35.5. The molecule has 4 saturated heterocycles. The number of anilines is 10. The molecule has 8 atom stereocenters. The number of aliphatic carboxylic acids is 1. The molecule has 8 aromatic carbocycles. The van der Waals surface area contributed by atoms with E-state index in [9.17, 15) is 47.4 Å². The summed E-state index contributed by atoms with van der Waals surface area (Å²) in [6.45, 7) is 14.2. The standard InChI is InChI=1S/C25H20Cl2FN5O.C22H16Cl2FN5O2.C22H18Cl2FN5.C21H14Cl2FN5O2.C3H4O2.CH4/c1-3-21(34)31-19-9-16-20(8-14(19)6-7-25-10-15(25)11-33(2)12-25)29-13-30-24(16)32-18-5-4-17(26)22(27)23(18)28;1-29-9-13-8-22(13,10-29)5-4-12-6-17-14(7-18(12)30(31)32)21(27-11-26-17)28-16-3-2-15(23)19(24)20(16)25;1-30-9-13-8-22(13,10-30)5-4-12-6-18-14(7-16(12)26)21(28-11-27-18)29-17-3-2-15(23)19(24)20(17)25;22-14-1-2-15(19(24)18(14)23)28-20-13-6-17(29(30)31)11(5-16(13)26-10-27-20)3-4-21-7-12(21)8-25-9-21;1-2-3(4)5;/h3-5,8-9,13,15H,1,10-12H2,2H3,(H,31,34)(H,29,30,32);2-3,6-7,11,13H,8-10H2,1H3,(H,26,27,28);2-3,6-7,11,13H,8-10,26H2,1H3,(H,27,28,29);1-2,5-6,10,12,25H,7-9H2,(H,26,27,28);2H,1H2,(H,4,5);1H4/t15-,25+;2*13-,22+;12-,21+;;/m0000../s1. The van der Waals surface area contributed by atoms with Gasteiger partial charge in [-0.15, -0.1) is 0 Å². The molecular weight excluding hydrogens is 1880 g/mol. The van der Waals surface area contributed by atoms with Gasteiger partial charge in [0.1, 0.15) is 59.7 Å². The van der Waals surface area contributed by atoms with Crippen LogP contribution in [-0.2, 0) is 9.59 Å². The Morgan fingerprint density at radius 2 is 0.774 bits per heavy atom. The Labute approximate surface area is 798 Å². The number of fused-ring (bicyclic) bond motifs is 8. The van der Waals surface area contributed by atoms with E-state index in [1.165, 1.54) is 92.0 Å². The number of nitro benzene ring substituents is 2. The van der Waals surface area contributed by atoms with Gasteiger partial charge in [0.25, 0.3) is 11.4 Å². The summed E-state index contributed by atoms with van der Waals surface area (Å²) in [4.78, 5) is 84.6. The molecule has 0 spiro atoms. The lowest BCUT2D eigenvalue weighted by Gasteiger charge is -2.13. The van der Waals surface area contributed by atoms with Crippen LogP contribution in [0.25, 0.3) is 43.6 Å². The number of carbonyl (C=O) groups is 2. The molecule has 27 nitrogen and oxygen atoms in total. The van der Waals surface area contributed by atoms with Gasteiger partial charge >= 0.3 is 5.97 Å². The summed E-state index contributed by atoms with van der Waals surface area (Å²) in [7, 11) is 6.28. The first-order valence-corrected chi connectivity index (χ1v) is 43.6. The molecule has 678 valence electrons. The Bertz CT molecular complexity index is 7170. The predicted octanol–water partition coefficient (Wildman–Crippen LogP) is 20.6. The highest BCUT2D eigenvalue weighted by Gasteiger charge is 2.60. The molecule has 20 rings (SSSR count). The van der Waals surface area contributed by atoms with E-state index >= 15 is 0 Å². The summed E-state index contributed by atoms with van der Waals surface area (Å²) in [5.74, 6) is 25.2. The first kappa shape index (κ1) is 95.1. The van der Waals surface area contributed by atoms with Crippen LogP contribution < -0.4 is 37.6 Å². The molecule has 39 heteroatoms. The lowest BCUT2D eigenvalue weighted by Crippen LogP contribution is -2.19. The van der Waals surface area contributed by atoms with E-state index in [2.05, 4.69) is 168 Å². The largest absolute Gasteiger partial charge is 0.478 e. The SMILES string of the molecule is C.C=CC(=O)Nc1cc2c(Nc3ccc(Cl)c(Cl)c3F)ncnc2cc1C#C[C@]12C[C@H]1CN(C)C2.C=CC(=O)O.CN1C[C@@H]2C[C@]2(C#Cc2cc3ncnc(Nc4ccc(Cl)c(Cl)c4F)c3cc2N)C1.CN1C[C@@H]2C[C@]2(C#Cc2cc3ncnc(Nc4ccc(Cl)c(Cl)c4F)c3cc2[N+](=O)[O-])C1.O=[N+]([O-])c1cc2c(Nc3ccc(Cl)c(Cl)c3F)ncnc2cc1C#C[C@@]12CNC[C@@H]1C2. The van der Waals surface area contributed by atoms with Crippen LogP contribution >= 0.6 is 92.8 Å². The van der Waals surface area contributed by atoms with Crippen molar-refractivity contribution in [1.29, 1.82) is 0 Å². The molecule has 0 unspecified atom stereocenters. The fourth-order valence-electron chi connectivity index (χ4n) is 16.9. The normalized spacial score (nSPS) is 20.8. The predicted molar refractivity (Wildman–Crippen MR) is 513 cm³/mol. The Balaban J connectivity index is 0.000000133. The Kier molecular flexibility index (Phi) is 27.6. The summed E-state index contributed by atoms with van der Waals surface area (Å²) in [5, 5.41) is 50.4. The number of nitrogens with zero attached hydrogens (tertiary/aromatic N) is 13. The summed E-state index contributed by atoms with van der Waals surface area (Å²) in [5.41, 5.74) is 11.4. The number of nitrogens with one attached hydrogen (secondary N) is 6. The molecule has 0 bridgehead atoms. The first-order chi connectivity index (χ1) is 63.1. The number of halogens is 12. The van der Waals surface area contributed by atoms with E-state index in [0.717, 1.165) is 89.7 Å². The Hall–Kier alpha value is -12.5. The number of nitro groups is 2. The summed E-state index contributed by atoms with van der Waals surface area (Å²) in [6, 6.07) is 24.7. The van der Waals surface area contributed by atoms with Gasteiger partial charge in [0.05, 0.1) is 106 Å². The van der Waals surface area contributed by atoms with Gasteiger partial charge in [-0.25, -0.2) is 62.2 Å². The van der Waals surface area contributed by atoms with Crippen molar-refractivity contribution in [3.8, 4) is 47.4 Å². The second-order valence-corrected chi connectivity index (χ2v) is 36.3. The van der Waals surface area contributed by atoms with Crippen molar-refractivity contribution in [1.82, 2.24) is 59.9 Å². The van der Waals surface area contributed by atoms with Gasteiger partial charge in [-0.05, 0) is 168 Å². The number of aromatic nitrogens is 8. The molecule has 8 fully saturated rings. The van der Waals surface area contributed by atoms with Crippen molar-refractivity contribution < 1.29 is 42.1 Å². The molecule has 4 aromatic heterocycles. The van der Waals surface area contributed by atoms with Gasteiger partial charge in [0.15, 0.2) is 23.3 Å². The van der Waals surface area contributed by atoms with Crippen LogP contribution in [0.15, 0.2) is 148 Å². The molecule has 4 aliphatic carbocycles. The zero-order valence-corrected chi connectivity index (χ0v) is 75.8. The van der Waals surface area contributed by atoms with Crippen LogP contribution in [0.5, 0.6) is 0 Å². The average molecular weight is 1960 g/mol. The van der Waals surface area contributed by atoms with E-state index in [1.54, 1.807) is 30.3 Å². The zero-order chi connectivity index (χ0) is 93.7. The monoisotopic (exact) mass is 1950 g/mol. The number of piperidine rings is 4. The quantitative estimate of drug-likeness (QED) is 0.0101. The zero-order valence-electron chi connectivity index (χ0n) is 69.7. The number of likely N-dealkylation sites (tertiary alicyclic amines) is 3. The van der Waals surface area contributed by atoms with Crippen molar-refractivity contribution in [3.63, 3.8) is 0 Å². The van der Waals surface area contributed by atoms with Crippen molar-refractivity contribution >= 4 is 217 Å². The number of rotatable bonds is 13. The summed E-state index contributed by atoms with van der Waals surface area (Å²) in [6.07, 6.45) is 11.7.